The number of anilines is 1. The minimum Gasteiger partial charge on any atom is -0.349 e. The predicted octanol–water partition coefficient (Wildman–Crippen LogP) is 4.94. The van der Waals surface area contributed by atoms with Crippen LogP contribution in [0.5, 0.6) is 0 Å². The zero-order valence-electron chi connectivity index (χ0n) is 23.4. The Bertz CT molecular complexity index is 1420. The number of nitro groups is 1. The van der Waals surface area contributed by atoms with Crippen LogP contribution in [0.25, 0.3) is 0 Å². The molecule has 0 saturated carbocycles. The third-order valence-corrected chi connectivity index (χ3v) is 7.93. The molecule has 2 aliphatic heterocycles. The van der Waals surface area contributed by atoms with Gasteiger partial charge in [0.2, 0.25) is 5.91 Å². The van der Waals surface area contributed by atoms with E-state index in [1.54, 1.807) is 23.4 Å². The number of carbonyl (C=O) groups is 2. The number of non-ortho nitro benzene ring substituents is 1. The average molecular weight is 542 g/mol. The van der Waals surface area contributed by atoms with E-state index in [-0.39, 0.29) is 34.6 Å². The van der Waals surface area contributed by atoms with Crippen LogP contribution in [0.3, 0.4) is 0 Å². The van der Waals surface area contributed by atoms with E-state index in [9.17, 15) is 19.7 Å². The van der Waals surface area contributed by atoms with Crippen molar-refractivity contribution in [2.24, 2.45) is 0 Å². The van der Waals surface area contributed by atoms with Crippen molar-refractivity contribution >= 4 is 23.2 Å². The summed E-state index contributed by atoms with van der Waals surface area (Å²) in [4.78, 5) is 48.4. The summed E-state index contributed by atoms with van der Waals surface area (Å²) in [5.74, 6) is -0.437. The lowest BCUT2D eigenvalue weighted by Gasteiger charge is -2.53. The Morgan fingerprint density at radius 2 is 1.70 bits per heavy atom. The number of hydrogen-bond donors (Lipinski definition) is 0. The number of nitro benzene ring substituents is 1. The third kappa shape index (κ3) is 5.15. The maximum Gasteiger partial charge on any atom is 0.270 e. The van der Waals surface area contributed by atoms with Gasteiger partial charge in [-0.2, -0.15) is 0 Å². The van der Waals surface area contributed by atoms with Gasteiger partial charge in [0.15, 0.2) is 0 Å². The first-order chi connectivity index (χ1) is 19.1. The topological polar surface area (TPSA) is 99.9 Å². The molecule has 5 rings (SSSR count). The highest BCUT2D eigenvalue weighted by atomic mass is 16.6. The van der Waals surface area contributed by atoms with Crippen LogP contribution in [0, 0.1) is 10.1 Å². The average Bonchev–Trinajstić information content (AvgIpc) is 2.94. The first-order valence-electron chi connectivity index (χ1n) is 13.7. The number of piperazine rings is 1. The summed E-state index contributed by atoms with van der Waals surface area (Å²) in [6, 6.07) is 16.1. The first-order valence-corrected chi connectivity index (χ1v) is 13.7. The van der Waals surface area contributed by atoms with Crippen molar-refractivity contribution in [2.75, 3.05) is 18.0 Å². The lowest BCUT2D eigenvalue weighted by molar-refractivity contribution is -0.384. The molecule has 1 saturated heterocycles. The summed E-state index contributed by atoms with van der Waals surface area (Å²) in [7, 11) is 0. The lowest BCUT2D eigenvalue weighted by atomic mass is 9.86. The minimum absolute atomic E-state index is 0.0352. The van der Waals surface area contributed by atoms with Crippen molar-refractivity contribution in [3.8, 4) is 0 Å². The maximum atomic E-state index is 13.9. The summed E-state index contributed by atoms with van der Waals surface area (Å²) in [6.07, 6.45) is 4.24. The van der Waals surface area contributed by atoms with Crippen LogP contribution in [-0.4, -0.2) is 56.8 Å². The molecule has 0 bridgehead atoms. The molecule has 40 heavy (non-hydrogen) atoms. The molecule has 2 aromatic carbocycles. The van der Waals surface area contributed by atoms with Crippen LogP contribution in [0.1, 0.15) is 61.2 Å². The number of aromatic nitrogens is 1. The van der Waals surface area contributed by atoms with Crippen molar-refractivity contribution < 1.29 is 14.5 Å². The second kappa shape index (κ2) is 10.7. The number of hydrogen-bond acceptors (Lipinski definition) is 6. The van der Waals surface area contributed by atoms with Crippen LogP contribution in [0.2, 0.25) is 0 Å². The second-order valence-corrected chi connectivity index (χ2v) is 11.5. The molecule has 0 radical (unpaired) electrons. The smallest absolute Gasteiger partial charge is 0.270 e. The highest BCUT2D eigenvalue weighted by Crippen LogP contribution is 2.38. The summed E-state index contributed by atoms with van der Waals surface area (Å²) in [5.41, 5.74) is 4.17. The molecule has 9 nitrogen and oxygen atoms in total. The van der Waals surface area contributed by atoms with E-state index in [4.69, 9.17) is 0 Å². The Kier molecular flexibility index (Phi) is 7.31. The molecule has 1 aromatic heterocycles. The van der Waals surface area contributed by atoms with Crippen molar-refractivity contribution in [1.29, 1.82) is 0 Å². The van der Waals surface area contributed by atoms with E-state index < -0.39 is 11.0 Å². The van der Waals surface area contributed by atoms with Crippen LogP contribution in [0.4, 0.5) is 11.4 Å². The number of amides is 2. The highest BCUT2D eigenvalue weighted by molar-refractivity contribution is 6.05. The van der Waals surface area contributed by atoms with Gasteiger partial charge in [0.05, 0.1) is 22.7 Å². The molecular weight excluding hydrogens is 506 g/mol. The van der Waals surface area contributed by atoms with E-state index in [0.717, 1.165) is 11.1 Å². The Morgan fingerprint density at radius 3 is 2.33 bits per heavy atom. The largest absolute Gasteiger partial charge is 0.349 e. The lowest BCUT2D eigenvalue weighted by Crippen LogP contribution is -2.70. The maximum absolute atomic E-state index is 13.9. The second-order valence-electron chi connectivity index (χ2n) is 11.5. The number of nitrogens with zero attached hydrogens (tertiary/aromatic N) is 5. The molecule has 2 atom stereocenters. The van der Waals surface area contributed by atoms with Gasteiger partial charge >= 0.3 is 0 Å². The number of rotatable bonds is 7. The zero-order chi connectivity index (χ0) is 28.6. The summed E-state index contributed by atoms with van der Waals surface area (Å²) >= 11 is 0. The van der Waals surface area contributed by atoms with Gasteiger partial charge in [0, 0.05) is 37.6 Å². The first kappa shape index (κ1) is 27.3. The molecule has 2 aliphatic rings. The third-order valence-electron chi connectivity index (χ3n) is 7.93. The molecule has 3 aromatic rings. The number of carbonyl (C=O) groups excluding carboxylic acids is 2. The Morgan fingerprint density at radius 1 is 1.00 bits per heavy atom. The van der Waals surface area contributed by atoms with E-state index in [0.29, 0.717) is 38.2 Å². The molecule has 208 valence electrons. The SMILES string of the molecule is CCC1C(=O)N(Cc2ccc(C(C)(C)C)cc2)CC2N(CCc3ccncc3)c3ccc([N+](=O)[O-])cc3C(=O)N12. The standard InChI is InChI=1S/C31H35N5O4/c1-5-26-30(38)33(19-22-6-8-23(9-7-22)31(2,3)4)20-28-34(17-14-21-12-15-32-16-13-21)27-11-10-24(36(39)40)18-25(27)29(37)35(26)28/h6-13,15-16,18,26,28H,5,14,17,19-20H2,1-4H3. The minimum atomic E-state index is -0.657. The van der Waals surface area contributed by atoms with Crippen LogP contribution in [-0.2, 0) is 23.2 Å². The molecule has 0 aliphatic carbocycles. The molecule has 1 fully saturated rings. The molecule has 9 heteroatoms. The number of pyridine rings is 1. The van der Waals surface area contributed by atoms with E-state index in [1.807, 2.05) is 24.0 Å². The normalized spacial score (nSPS) is 18.9. The number of fused-ring (bicyclic) bond motifs is 2. The summed E-state index contributed by atoms with van der Waals surface area (Å²) in [6.45, 7) is 9.77. The van der Waals surface area contributed by atoms with Gasteiger partial charge in [0.25, 0.3) is 11.6 Å². The van der Waals surface area contributed by atoms with Crippen molar-refractivity contribution in [3.05, 3.63) is 99.4 Å². The van der Waals surface area contributed by atoms with Crippen molar-refractivity contribution in [2.45, 2.75) is 64.7 Å². The van der Waals surface area contributed by atoms with Gasteiger partial charge in [-0.05, 0) is 53.1 Å². The number of benzene rings is 2. The van der Waals surface area contributed by atoms with E-state index in [2.05, 4.69) is 54.9 Å². The van der Waals surface area contributed by atoms with E-state index in [1.165, 1.54) is 17.7 Å². The molecular formula is C31H35N5O4. The molecule has 2 unspecified atom stereocenters. The van der Waals surface area contributed by atoms with Crippen molar-refractivity contribution in [1.82, 2.24) is 14.8 Å². The van der Waals surface area contributed by atoms with Gasteiger partial charge < -0.3 is 14.7 Å². The van der Waals surface area contributed by atoms with Gasteiger partial charge in [-0.25, -0.2) is 0 Å². The highest BCUT2D eigenvalue weighted by Gasteiger charge is 2.48. The fraction of sp³-hybridized carbons (Fsp3) is 0.387. The van der Waals surface area contributed by atoms with Crippen LogP contribution >= 0.6 is 0 Å². The Balaban J connectivity index is 1.50. The quantitative estimate of drug-likeness (QED) is 0.310. The zero-order valence-corrected chi connectivity index (χ0v) is 23.4. The summed E-state index contributed by atoms with van der Waals surface area (Å²) in [5, 5.41) is 11.5. The monoisotopic (exact) mass is 541 g/mol. The van der Waals surface area contributed by atoms with E-state index >= 15 is 0 Å². The molecule has 0 N–H and O–H groups in total. The predicted molar refractivity (Wildman–Crippen MR) is 153 cm³/mol. The van der Waals surface area contributed by atoms with Gasteiger partial charge in [-0.3, -0.25) is 24.7 Å². The summed E-state index contributed by atoms with van der Waals surface area (Å²) < 4.78 is 0. The van der Waals surface area contributed by atoms with Crippen LogP contribution in [0.15, 0.2) is 67.0 Å². The van der Waals surface area contributed by atoms with Gasteiger partial charge in [0.1, 0.15) is 12.2 Å². The van der Waals surface area contributed by atoms with Gasteiger partial charge in [-0.15, -0.1) is 0 Å². The van der Waals surface area contributed by atoms with Crippen LogP contribution < -0.4 is 4.90 Å². The molecule has 0 spiro atoms. The molecule has 3 heterocycles. The Hall–Kier alpha value is -4.27. The Labute approximate surface area is 234 Å². The van der Waals surface area contributed by atoms with Gasteiger partial charge in [-0.1, -0.05) is 52.0 Å². The van der Waals surface area contributed by atoms with Crippen molar-refractivity contribution in [3.63, 3.8) is 0 Å². The molecule has 2 amide bonds. The fourth-order valence-corrected chi connectivity index (χ4v) is 5.71. The fourth-order valence-electron chi connectivity index (χ4n) is 5.71.